The van der Waals surface area contributed by atoms with E-state index in [0.717, 1.165) is 5.69 Å². The van der Waals surface area contributed by atoms with E-state index >= 15 is 0 Å². The van der Waals surface area contributed by atoms with Gasteiger partial charge in [-0.2, -0.15) is 0 Å². The maximum atomic E-state index is 11.7. The lowest BCUT2D eigenvalue weighted by Crippen LogP contribution is -2.29. The fourth-order valence-electron chi connectivity index (χ4n) is 1.27. The Kier molecular flexibility index (Phi) is 5.76. The van der Waals surface area contributed by atoms with Gasteiger partial charge in [0.1, 0.15) is 6.04 Å². The van der Waals surface area contributed by atoms with Crippen LogP contribution < -0.4 is 5.32 Å². The van der Waals surface area contributed by atoms with E-state index < -0.39 is 6.04 Å². The molecule has 1 aromatic rings. The van der Waals surface area contributed by atoms with Crippen molar-refractivity contribution in [2.24, 2.45) is 5.92 Å². The molecule has 0 radical (unpaired) electrons. The van der Waals surface area contributed by atoms with E-state index in [-0.39, 0.29) is 5.97 Å². The number of hydrogen-bond donors (Lipinski definition) is 1. The Hall–Kier alpha value is -0.930. The molecule has 1 aromatic carbocycles. The van der Waals surface area contributed by atoms with Gasteiger partial charge in [-0.05, 0) is 31.0 Å². The average Bonchev–Trinajstić information content (AvgIpc) is 2.30. The molecule has 18 heavy (non-hydrogen) atoms. The minimum Gasteiger partial charge on any atom is -0.464 e. The Balaban J connectivity index is 2.55. The van der Waals surface area contributed by atoms with Gasteiger partial charge in [0, 0.05) is 5.69 Å². The summed E-state index contributed by atoms with van der Waals surface area (Å²) in [5.74, 6) is 0.0425. The molecule has 0 aromatic heterocycles. The van der Waals surface area contributed by atoms with Crippen LogP contribution in [0.2, 0.25) is 10.0 Å². The number of ether oxygens (including phenoxy) is 1. The molecule has 0 aliphatic heterocycles. The minimum atomic E-state index is -0.430. The minimum absolute atomic E-state index is 0.283. The highest BCUT2D eigenvalue weighted by atomic mass is 35.5. The first-order valence-corrected chi connectivity index (χ1v) is 6.54. The van der Waals surface area contributed by atoms with Crippen LogP contribution in [0.4, 0.5) is 5.69 Å². The van der Waals surface area contributed by atoms with E-state index in [1.165, 1.54) is 0 Å². The van der Waals surface area contributed by atoms with E-state index in [1.807, 2.05) is 13.8 Å². The van der Waals surface area contributed by atoms with Gasteiger partial charge < -0.3 is 10.1 Å². The van der Waals surface area contributed by atoms with Crippen molar-refractivity contribution < 1.29 is 9.53 Å². The van der Waals surface area contributed by atoms with Gasteiger partial charge in [-0.3, -0.25) is 0 Å². The number of carbonyl (C=O) groups excluding carboxylic acids is 1. The lowest BCUT2D eigenvalue weighted by atomic mass is 10.2. The SMILES string of the molecule is CC(C)COC(=O)[C@H](C)Nc1ccc(Cl)c(Cl)c1. The molecule has 0 fully saturated rings. The second-order valence-corrected chi connectivity index (χ2v) is 5.33. The summed E-state index contributed by atoms with van der Waals surface area (Å²) >= 11 is 11.7. The number of rotatable bonds is 5. The van der Waals surface area contributed by atoms with Crippen molar-refractivity contribution in [1.29, 1.82) is 0 Å². The second-order valence-electron chi connectivity index (χ2n) is 4.52. The monoisotopic (exact) mass is 289 g/mol. The van der Waals surface area contributed by atoms with E-state index in [2.05, 4.69) is 5.32 Å². The van der Waals surface area contributed by atoms with Crippen LogP contribution in [0.3, 0.4) is 0 Å². The number of esters is 1. The second kappa shape index (κ2) is 6.86. The van der Waals surface area contributed by atoms with Gasteiger partial charge in [0.15, 0.2) is 0 Å². The van der Waals surface area contributed by atoms with Crippen molar-refractivity contribution in [3.05, 3.63) is 28.2 Å². The van der Waals surface area contributed by atoms with Crippen LogP contribution in [-0.2, 0) is 9.53 Å². The van der Waals surface area contributed by atoms with Crippen molar-refractivity contribution >= 4 is 34.9 Å². The van der Waals surface area contributed by atoms with Crippen molar-refractivity contribution in [2.75, 3.05) is 11.9 Å². The summed E-state index contributed by atoms with van der Waals surface area (Å²) in [6.07, 6.45) is 0. The largest absolute Gasteiger partial charge is 0.464 e. The van der Waals surface area contributed by atoms with Gasteiger partial charge in [0.25, 0.3) is 0 Å². The smallest absolute Gasteiger partial charge is 0.328 e. The van der Waals surface area contributed by atoms with Crippen LogP contribution in [0, 0.1) is 5.92 Å². The Morgan fingerprint density at radius 1 is 1.28 bits per heavy atom. The molecule has 0 saturated carbocycles. The first-order chi connectivity index (χ1) is 8.40. The molecule has 1 N–H and O–H groups in total. The lowest BCUT2D eigenvalue weighted by molar-refractivity contribution is -0.145. The van der Waals surface area contributed by atoms with Crippen molar-refractivity contribution in [3.63, 3.8) is 0 Å². The Labute approximate surface area is 117 Å². The summed E-state index contributed by atoms with van der Waals surface area (Å²) in [6, 6.07) is 4.69. The Morgan fingerprint density at radius 2 is 1.94 bits per heavy atom. The van der Waals surface area contributed by atoms with E-state index in [4.69, 9.17) is 27.9 Å². The van der Waals surface area contributed by atoms with Crippen molar-refractivity contribution in [1.82, 2.24) is 0 Å². The first kappa shape index (κ1) is 15.1. The fourth-order valence-corrected chi connectivity index (χ4v) is 1.57. The fraction of sp³-hybridized carbons (Fsp3) is 0.462. The molecular formula is C13H17Cl2NO2. The van der Waals surface area contributed by atoms with E-state index in [0.29, 0.717) is 22.6 Å². The van der Waals surface area contributed by atoms with E-state index in [1.54, 1.807) is 25.1 Å². The van der Waals surface area contributed by atoms with Crippen LogP contribution in [0.15, 0.2) is 18.2 Å². The van der Waals surface area contributed by atoms with Gasteiger partial charge in [-0.25, -0.2) is 4.79 Å². The number of hydrogen-bond acceptors (Lipinski definition) is 3. The highest BCUT2D eigenvalue weighted by Crippen LogP contribution is 2.25. The van der Waals surface area contributed by atoms with Crippen molar-refractivity contribution in [2.45, 2.75) is 26.8 Å². The zero-order valence-electron chi connectivity index (χ0n) is 10.7. The van der Waals surface area contributed by atoms with E-state index in [9.17, 15) is 4.79 Å². The van der Waals surface area contributed by atoms with Gasteiger partial charge in [0.05, 0.1) is 16.7 Å². The summed E-state index contributed by atoms with van der Waals surface area (Å²) in [7, 11) is 0. The van der Waals surface area contributed by atoms with Crippen LogP contribution in [0.1, 0.15) is 20.8 Å². The Bertz CT molecular complexity index is 421. The van der Waals surface area contributed by atoms with Crippen molar-refractivity contribution in [3.8, 4) is 0 Å². The summed E-state index contributed by atoms with van der Waals surface area (Å²) in [6.45, 7) is 6.14. The van der Waals surface area contributed by atoms with Crippen LogP contribution in [-0.4, -0.2) is 18.6 Å². The third-order valence-electron chi connectivity index (χ3n) is 2.22. The summed E-state index contributed by atoms with van der Waals surface area (Å²) in [5, 5.41) is 3.95. The number of anilines is 1. The predicted molar refractivity (Wildman–Crippen MR) is 75.3 cm³/mol. The van der Waals surface area contributed by atoms with Gasteiger partial charge in [-0.15, -0.1) is 0 Å². The molecule has 0 saturated heterocycles. The summed E-state index contributed by atoms with van der Waals surface area (Å²) < 4.78 is 5.13. The molecule has 0 amide bonds. The van der Waals surface area contributed by atoms with Gasteiger partial charge >= 0.3 is 5.97 Å². The maximum Gasteiger partial charge on any atom is 0.328 e. The lowest BCUT2D eigenvalue weighted by Gasteiger charge is -2.15. The topological polar surface area (TPSA) is 38.3 Å². The number of halogens is 2. The molecule has 0 bridgehead atoms. The van der Waals surface area contributed by atoms with Crippen LogP contribution >= 0.6 is 23.2 Å². The standard InChI is InChI=1S/C13H17Cl2NO2/c1-8(2)7-18-13(17)9(3)16-10-4-5-11(14)12(15)6-10/h4-6,8-9,16H,7H2,1-3H3/t9-/m0/s1. The Morgan fingerprint density at radius 3 is 2.50 bits per heavy atom. The maximum absolute atomic E-state index is 11.7. The van der Waals surface area contributed by atoms with Gasteiger partial charge in [0.2, 0.25) is 0 Å². The molecule has 1 rings (SSSR count). The molecule has 1 atom stereocenters. The molecule has 3 nitrogen and oxygen atoms in total. The molecule has 0 aliphatic carbocycles. The summed E-state index contributed by atoms with van der Waals surface area (Å²) in [4.78, 5) is 11.7. The molecular weight excluding hydrogens is 273 g/mol. The third-order valence-corrected chi connectivity index (χ3v) is 2.95. The number of carbonyl (C=O) groups is 1. The normalized spacial score (nSPS) is 12.3. The van der Waals surface area contributed by atoms with Crippen LogP contribution in [0.5, 0.6) is 0 Å². The zero-order valence-corrected chi connectivity index (χ0v) is 12.2. The molecule has 100 valence electrons. The summed E-state index contributed by atoms with van der Waals surface area (Å²) in [5.41, 5.74) is 0.735. The van der Waals surface area contributed by atoms with Gasteiger partial charge in [-0.1, -0.05) is 37.0 Å². The predicted octanol–water partition coefficient (Wildman–Crippen LogP) is 3.99. The quantitative estimate of drug-likeness (QED) is 0.833. The molecule has 0 aliphatic rings. The zero-order chi connectivity index (χ0) is 13.7. The highest BCUT2D eigenvalue weighted by Gasteiger charge is 2.15. The first-order valence-electron chi connectivity index (χ1n) is 5.78. The molecule has 0 heterocycles. The number of benzene rings is 1. The average molecular weight is 290 g/mol. The highest BCUT2D eigenvalue weighted by molar-refractivity contribution is 6.42. The number of nitrogens with one attached hydrogen (secondary N) is 1. The molecule has 0 unspecified atom stereocenters. The third kappa shape index (κ3) is 4.75. The molecule has 5 heteroatoms. The van der Waals surface area contributed by atoms with Crippen LogP contribution in [0.25, 0.3) is 0 Å². The molecule has 0 spiro atoms.